The Morgan fingerprint density at radius 2 is 2.25 bits per heavy atom. The Morgan fingerprint density at radius 3 is 3.10 bits per heavy atom. The number of carbonyl (C=O) groups is 1. The Hall–Kier alpha value is -1.43. The molecule has 1 aromatic carbocycles. The molecule has 0 aliphatic carbocycles. The molecule has 0 aromatic heterocycles. The Kier molecular flexibility index (Phi) is 5.98. The summed E-state index contributed by atoms with van der Waals surface area (Å²) < 4.78 is 5.14. The van der Waals surface area contributed by atoms with Crippen LogP contribution in [0.25, 0.3) is 0 Å². The van der Waals surface area contributed by atoms with Crippen LogP contribution in [-0.4, -0.2) is 43.9 Å². The number of hydrogen-bond acceptors (Lipinski definition) is 4. The lowest BCUT2D eigenvalue weighted by atomic mass is 9.98. The summed E-state index contributed by atoms with van der Waals surface area (Å²) in [5.41, 5.74) is 3.26. The Balaban J connectivity index is 1.77. The minimum atomic E-state index is -0.0412. The van der Waals surface area contributed by atoms with E-state index in [2.05, 4.69) is 16.7 Å². The predicted octanol–water partition coefficient (Wildman–Crippen LogP) is 0.461. The van der Waals surface area contributed by atoms with Crippen molar-refractivity contribution in [3.63, 3.8) is 0 Å². The Labute approximate surface area is 119 Å². The van der Waals surface area contributed by atoms with Crippen molar-refractivity contribution in [2.75, 3.05) is 32.9 Å². The highest BCUT2D eigenvalue weighted by molar-refractivity contribution is 5.94. The smallest absolute Gasteiger partial charge is 0.251 e. The van der Waals surface area contributed by atoms with E-state index in [9.17, 15) is 4.79 Å². The van der Waals surface area contributed by atoms with Crippen LogP contribution < -0.4 is 10.6 Å². The molecule has 110 valence electrons. The van der Waals surface area contributed by atoms with Crippen LogP contribution >= 0.6 is 0 Å². The SMILES string of the molecule is O=C(NCCCOCCO)c1ccc2c(c1)CNCC2. The fourth-order valence-electron chi connectivity index (χ4n) is 2.27. The quantitative estimate of drug-likeness (QED) is 0.634. The van der Waals surface area contributed by atoms with Gasteiger partial charge in [-0.1, -0.05) is 6.07 Å². The van der Waals surface area contributed by atoms with Crippen LogP contribution in [0.3, 0.4) is 0 Å². The standard InChI is InChI=1S/C15H22N2O3/c18-7-9-20-8-1-5-17-15(19)13-3-2-12-4-6-16-11-14(12)10-13/h2-3,10,16,18H,1,4-9,11H2,(H,17,19). The van der Waals surface area contributed by atoms with Crippen molar-refractivity contribution in [3.8, 4) is 0 Å². The van der Waals surface area contributed by atoms with Crippen molar-refractivity contribution in [1.82, 2.24) is 10.6 Å². The van der Waals surface area contributed by atoms with Crippen molar-refractivity contribution in [3.05, 3.63) is 34.9 Å². The van der Waals surface area contributed by atoms with Gasteiger partial charge in [-0.15, -0.1) is 0 Å². The van der Waals surface area contributed by atoms with Crippen LogP contribution in [0, 0.1) is 0 Å². The summed E-state index contributed by atoms with van der Waals surface area (Å²) in [5, 5.41) is 14.7. The van der Waals surface area contributed by atoms with Gasteiger partial charge in [-0.3, -0.25) is 4.79 Å². The second kappa shape index (κ2) is 7.99. The minimum Gasteiger partial charge on any atom is -0.394 e. The molecule has 0 spiro atoms. The molecule has 1 aliphatic heterocycles. The molecule has 0 saturated carbocycles. The summed E-state index contributed by atoms with van der Waals surface area (Å²) in [7, 11) is 0. The molecular weight excluding hydrogens is 256 g/mol. The molecule has 2 rings (SSSR count). The van der Waals surface area contributed by atoms with Gasteiger partial charge in [-0.05, 0) is 42.6 Å². The number of ether oxygens (including phenoxy) is 1. The average Bonchev–Trinajstić information content (AvgIpc) is 2.50. The molecule has 5 heteroatoms. The second-order valence-corrected chi connectivity index (χ2v) is 4.86. The first-order valence-electron chi connectivity index (χ1n) is 7.10. The Morgan fingerprint density at radius 1 is 1.35 bits per heavy atom. The zero-order valence-electron chi connectivity index (χ0n) is 11.7. The Bertz CT molecular complexity index is 449. The number of rotatable bonds is 7. The lowest BCUT2D eigenvalue weighted by molar-refractivity contribution is 0.0867. The topological polar surface area (TPSA) is 70.6 Å². The number of aliphatic hydroxyl groups is 1. The molecule has 1 amide bonds. The molecule has 20 heavy (non-hydrogen) atoms. The molecule has 0 fully saturated rings. The van der Waals surface area contributed by atoms with Gasteiger partial charge in [0.25, 0.3) is 5.91 Å². The number of aliphatic hydroxyl groups excluding tert-OH is 1. The van der Waals surface area contributed by atoms with Gasteiger partial charge in [0.1, 0.15) is 0 Å². The van der Waals surface area contributed by atoms with E-state index in [1.807, 2.05) is 12.1 Å². The maximum Gasteiger partial charge on any atom is 0.251 e. The second-order valence-electron chi connectivity index (χ2n) is 4.86. The van der Waals surface area contributed by atoms with E-state index in [1.54, 1.807) is 0 Å². The van der Waals surface area contributed by atoms with Crippen LogP contribution in [0.1, 0.15) is 27.9 Å². The lowest BCUT2D eigenvalue weighted by Gasteiger charge is -2.17. The summed E-state index contributed by atoms with van der Waals surface area (Å²) in [6.07, 6.45) is 1.78. The highest BCUT2D eigenvalue weighted by Crippen LogP contribution is 2.15. The largest absolute Gasteiger partial charge is 0.394 e. The fraction of sp³-hybridized carbons (Fsp3) is 0.533. The van der Waals surface area contributed by atoms with E-state index in [0.29, 0.717) is 25.3 Å². The molecule has 1 aromatic rings. The fourth-order valence-corrected chi connectivity index (χ4v) is 2.27. The van der Waals surface area contributed by atoms with Crippen molar-refractivity contribution in [1.29, 1.82) is 0 Å². The molecule has 3 N–H and O–H groups in total. The van der Waals surface area contributed by atoms with Gasteiger partial charge < -0.3 is 20.5 Å². The molecular formula is C15H22N2O3. The molecule has 0 unspecified atom stereocenters. The third-order valence-electron chi connectivity index (χ3n) is 3.34. The number of hydrogen-bond donors (Lipinski definition) is 3. The summed E-state index contributed by atoms with van der Waals surface area (Å²) >= 11 is 0. The molecule has 0 saturated heterocycles. The van der Waals surface area contributed by atoms with E-state index in [1.165, 1.54) is 11.1 Å². The number of nitrogens with one attached hydrogen (secondary N) is 2. The van der Waals surface area contributed by atoms with Crippen molar-refractivity contribution in [2.45, 2.75) is 19.4 Å². The predicted molar refractivity (Wildman–Crippen MR) is 76.7 cm³/mol. The van der Waals surface area contributed by atoms with Gasteiger partial charge >= 0.3 is 0 Å². The van der Waals surface area contributed by atoms with Crippen LogP contribution in [0.15, 0.2) is 18.2 Å². The van der Waals surface area contributed by atoms with Crippen LogP contribution in [0.2, 0.25) is 0 Å². The van der Waals surface area contributed by atoms with Crippen molar-refractivity contribution < 1.29 is 14.6 Å². The number of benzene rings is 1. The third kappa shape index (κ3) is 4.30. The number of amides is 1. The van der Waals surface area contributed by atoms with Gasteiger partial charge in [0.15, 0.2) is 0 Å². The van der Waals surface area contributed by atoms with Gasteiger partial charge in [0, 0.05) is 25.3 Å². The molecule has 0 radical (unpaired) electrons. The van der Waals surface area contributed by atoms with Crippen LogP contribution in [0.5, 0.6) is 0 Å². The molecule has 0 atom stereocenters. The van der Waals surface area contributed by atoms with Crippen LogP contribution in [-0.2, 0) is 17.7 Å². The summed E-state index contributed by atoms with van der Waals surface area (Å²) in [6.45, 7) is 3.37. The van der Waals surface area contributed by atoms with E-state index < -0.39 is 0 Å². The minimum absolute atomic E-state index is 0.0372. The molecule has 0 bridgehead atoms. The molecule has 1 heterocycles. The molecule has 5 nitrogen and oxygen atoms in total. The third-order valence-corrected chi connectivity index (χ3v) is 3.34. The zero-order valence-corrected chi connectivity index (χ0v) is 11.7. The van der Waals surface area contributed by atoms with E-state index in [-0.39, 0.29) is 12.5 Å². The first-order chi connectivity index (χ1) is 9.81. The maximum absolute atomic E-state index is 12.0. The van der Waals surface area contributed by atoms with Gasteiger partial charge in [-0.2, -0.15) is 0 Å². The summed E-state index contributed by atoms with van der Waals surface area (Å²) in [5.74, 6) is -0.0412. The maximum atomic E-state index is 12.0. The van der Waals surface area contributed by atoms with Crippen molar-refractivity contribution >= 4 is 5.91 Å². The van der Waals surface area contributed by atoms with Crippen molar-refractivity contribution in [2.24, 2.45) is 0 Å². The number of fused-ring (bicyclic) bond motifs is 1. The van der Waals surface area contributed by atoms with E-state index in [0.717, 1.165) is 25.9 Å². The van der Waals surface area contributed by atoms with Crippen LogP contribution in [0.4, 0.5) is 0 Å². The monoisotopic (exact) mass is 278 g/mol. The van der Waals surface area contributed by atoms with E-state index in [4.69, 9.17) is 9.84 Å². The lowest BCUT2D eigenvalue weighted by Crippen LogP contribution is -2.27. The highest BCUT2D eigenvalue weighted by Gasteiger charge is 2.12. The van der Waals surface area contributed by atoms with E-state index >= 15 is 0 Å². The first-order valence-corrected chi connectivity index (χ1v) is 7.10. The highest BCUT2D eigenvalue weighted by atomic mass is 16.5. The number of carbonyl (C=O) groups excluding carboxylic acids is 1. The van der Waals surface area contributed by atoms with Gasteiger partial charge in [-0.25, -0.2) is 0 Å². The normalized spacial score (nSPS) is 13.8. The summed E-state index contributed by atoms with van der Waals surface area (Å²) in [6, 6.07) is 5.91. The first kappa shape index (κ1) is 15.0. The average molecular weight is 278 g/mol. The van der Waals surface area contributed by atoms with Gasteiger partial charge in [0.2, 0.25) is 0 Å². The van der Waals surface area contributed by atoms with Gasteiger partial charge in [0.05, 0.1) is 13.2 Å². The summed E-state index contributed by atoms with van der Waals surface area (Å²) in [4.78, 5) is 12.0. The molecule has 1 aliphatic rings. The zero-order chi connectivity index (χ0) is 14.2.